The first kappa shape index (κ1) is 16.0. The van der Waals surface area contributed by atoms with E-state index in [0.717, 1.165) is 20.8 Å². The van der Waals surface area contributed by atoms with Gasteiger partial charge in [-0.25, -0.2) is 5.43 Å². The average molecular weight is 436 g/mol. The van der Waals surface area contributed by atoms with Crippen LogP contribution in [0.15, 0.2) is 67.2 Å². The third-order valence-electron chi connectivity index (χ3n) is 3.28. The third-order valence-corrected chi connectivity index (χ3v) is 4.99. The quantitative estimate of drug-likeness (QED) is 0.479. The molecule has 3 rings (SSSR count). The highest BCUT2D eigenvalue weighted by molar-refractivity contribution is 9.13. The number of hydrogen-bond acceptors (Lipinski definition) is 3. The number of fused-ring (bicyclic) bond motifs is 1. The van der Waals surface area contributed by atoms with E-state index in [2.05, 4.69) is 42.4 Å². The molecule has 0 aliphatic heterocycles. The van der Waals surface area contributed by atoms with Crippen LogP contribution in [0.4, 0.5) is 0 Å². The number of carbonyl (C=O) groups is 1. The lowest BCUT2D eigenvalue weighted by Gasteiger charge is -2.05. The van der Waals surface area contributed by atoms with Crippen LogP contribution in [-0.2, 0) is 11.2 Å². The van der Waals surface area contributed by atoms with Crippen LogP contribution in [-0.4, -0.2) is 12.1 Å². The zero-order chi connectivity index (χ0) is 16.2. The Morgan fingerprint density at radius 2 is 1.96 bits per heavy atom. The molecule has 1 N–H and O–H groups in total. The number of rotatable bonds is 4. The Hall–Kier alpha value is -1.92. The standard InChI is InChI=1S/C17H12Br2N2O2/c18-15-9-13(23-17(15)19)10-20-21-16(22)8-12-6-3-5-11-4-1-2-7-14(11)12/h1-7,9-10H,8H2,(H,21,22)/b20-10+. The predicted octanol–water partition coefficient (Wildman–Crippen LogP) is 4.65. The van der Waals surface area contributed by atoms with E-state index in [9.17, 15) is 4.79 Å². The van der Waals surface area contributed by atoms with Crippen molar-refractivity contribution in [2.45, 2.75) is 6.42 Å². The molecule has 116 valence electrons. The molecule has 0 aliphatic carbocycles. The van der Waals surface area contributed by atoms with Crippen LogP contribution in [0, 0.1) is 0 Å². The molecule has 0 spiro atoms. The van der Waals surface area contributed by atoms with Gasteiger partial charge in [0.1, 0.15) is 5.76 Å². The van der Waals surface area contributed by atoms with Crippen molar-refractivity contribution in [3.05, 3.63) is 69.0 Å². The first-order chi connectivity index (χ1) is 11.1. The highest BCUT2D eigenvalue weighted by atomic mass is 79.9. The Balaban J connectivity index is 1.67. The van der Waals surface area contributed by atoms with Gasteiger partial charge >= 0.3 is 0 Å². The molecule has 23 heavy (non-hydrogen) atoms. The SMILES string of the molecule is O=C(Cc1cccc2ccccc12)N/N=C/c1cc(Br)c(Br)o1. The molecule has 3 aromatic rings. The summed E-state index contributed by atoms with van der Waals surface area (Å²) >= 11 is 6.56. The number of halogens is 2. The summed E-state index contributed by atoms with van der Waals surface area (Å²) in [7, 11) is 0. The summed E-state index contributed by atoms with van der Waals surface area (Å²) in [5.41, 5.74) is 3.48. The molecular weight excluding hydrogens is 424 g/mol. The lowest BCUT2D eigenvalue weighted by Crippen LogP contribution is -2.19. The molecule has 0 bridgehead atoms. The topological polar surface area (TPSA) is 54.6 Å². The number of carbonyl (C=O) groups excluding carboxylic acids is 1. The van der Waals surface area contributed by atoms with Gasteiger partial charge in [-0.05, 0) is 48.2 Å². The zero-order valence-corrected chi connectivity index (χ0v) is 15.1. The number of nitrogens with one attached hydrogen (secondary N) is 1. The number of nitrogens with zero attached hydrogens (tertiary/aromatic N) is 1. The van der Waals surface area contributed by atoms with E-state index >= 15 is 0 Å². The van der Waals surface area contributed by atoms with Crippen LogP contribution in [0.3, 0.4) is 0 Å². The summed E-state index contributed by atoms with van der Waals surface area (Å²) in [5.74, 6) is 0.358. The lowest BCUT2D eigenvalue weighted by molar-refractivity contribution is -0.120. The molecule has 0 saturated heterocycles. The Labute approximate surface area is 149 Å². The molecular formula is C17H12Br2N2O2. The molecule has 6 heteroatoms. The van der Waals surface area contributed by atoms with Gasteiger partial charge in [0, 0.05) is 6.07 Å². The first-order valence-corrected chi connectivity index (χ1v) is 8.45. The van der Waals surface area contributed by atoms with E-state index in [4.69, 9.17) is 4.42 Å². The monoisotopic (exact) mass is 434 g/mol. The molecule has 1 heterocycles. The Bertz CT molecular complexity index is 862. The Kier molecular flexibility index (Phi) is 4.93. The summed E-state index contributed by atoms with van der Waals surface area (Å²) in [6.45, 7) is 0. The van der Waals surface area contributed by atoms with Crippen molar-refractivity contribution in [3.8, 4) is 0 Å². The molecule has 1 aromatic heterocycles. The summed E-state index contributed by atoms with van der Waals surface area (Å²) in [6, 6.07) is 15.7. The smallest absolute Gasteiger partial charge is 0.244 e. The van der Waals surface area contributed by atoms with Crippen LogP contribution in [0.25, 0.3) is 10.8 Å². The molecule has 0 saturated carbocycles. The second kappa shape index (κ2) is 7.10. The number of hydrazone groups is 1. The maximum Gasteiger partial charge on any atom is 0.244 e. The summed E-state index contributed by atoms with van der Waals surface area (Å²) in [4.78, 5) is 12.0. The maximum atomic E-state index is 12.0. The summed E-state index contributed by atoms with van der Waals surface area (Å²) in [5, 5.41) is 6.11. The lowest BCUT2D eigenvalue weighted by atomic mass is 10.0. The summed E-state index contributed by atoms with van der Waals surface area (Å²) < 4.78 is 6.72. The van der Waals surface area contributed by atoms with Crippen LogP contribution in [0.1, 0.15) is 11.3 Å². The number of hydrogen-bond donors (Lipinski definition) is 1. The minimum atomic E-state index is -0.178. The van der Waals surface area contributed by atoms with Crippen LogP contribution in [0.2, 0.25) is 0 Å². The van der Waals surface area contributed by atoms with Crippen molar-refractivity contribution in [3.63, 3.8) is 0 Å². The second-order valence-electron chi connectivity index (χ2n) is 4.88. The van der Waals surface area contributed by atoms with Crippen LogP contribution in [0.5, 0.6) is 0 Å². The number of amides is 1. The zero-order valence-electron chi connectivity index (χ0n) is 11.9. The van der Waals surface area contributed by atoms with E-state index in [1.807, 2.05) is 42.5 Å². The second-order valence-corrected chi connectivity index (χ2v) is 6.45. The highest BCUT2D eigenvalue weighted by Gasteiger charge is 2.07. The molecule has 1 amide bonds. The van der Waals surface area contributed by atoms with E-state index in [-0.39, 0.29) is 12.3 Å². The average Bonchev–Trinajstić information content (AvgIpc) is 2.86. The highest BCUT2D eigenvalue weighted by Crippen LogP contribution is 2.25. The number of furan rings is 1. The van der Waals surface area contributed by atoms with Crippen molar-refractivity contribution in [2.75, 3.05) is 0 Å². The van der Waals surface area contributed by atoms with Gasteiger partial charge in [-0.1, -0.05) is 42.5 Å². The minimum Gasteiger partial charge on any atom is -0.447 e. The molecule has 0 fully saturated rings. The maximum absolute atomic E-state index is 12.0. The van der Waals surface area contributed by atoms with E-state index in [1.54, 1.807) is 6.07 Å². The van der Waals surface area contributed by atoms with Gasteiger partial charge in [0.05, 0.1) is 17.1 Å². The van der Waals surface area contributed by atoms with Gasteiger partial charge in [0.25, 0.3) is 0 Å². The third kappa shape index (κ3) is 3.89. The predicted molar refractivity (Wildman–Crippen MR) is 97.5 cm³/mol. The van der Waals surface area contributed by atoms with Gasteiger partial charge in [0.15, 0.2) is 4.67 Å². The fraction of sp³-hybridized carbons (Fsp3) is 0.0588. The van der Waals surface area contributed by atoms with Gasteiger partial charge < -0.3 is 4.42 Å². The van der Waals surface area contributed by atoms with Crippen molar-refractivity contribution < 1.29 is 9.21 Å². The molecule has 0 unspecified atom stereocenters. The van der Waals surface area contributed by atoms with Crippen molar-refractivity contribution in [1.82, 2.24) is 5.43 Å². The molecule has 4 nitrogen and oxygen atoms in total. The van der Waals surface area contributed by atoms with Crippen LogP contribution < -0.4 is 5.43 Å². The Morgan fingerprint density at radius 3 is 2.74 bits per heavy atom. The van der Waals surface area contributed by atoms with Gasteiger partial charge in [-0.3, -0.25) is 4.79 Å². The largest absolute Gasteiger partial charge is 0.447 e. The van der Waals surface area contributed by atoms with Gasteiger partial charge in [-0.2, -0.15) is 5.10 Å². The molecule has 2 aromatic carbocycles. The normalized spacial score (nSPS) is 11.2. The molecule has 0 atom stereocenters. The summed E-state index contributed by atoms with van der Waals surface area (Å²) in [6.07, 6.45) is 1.72. The Morgan fingerprint density at radius 1 is 1.17 bits per heavy atom. The van der Waals surface area contributed by atoms with E-state index < -0.39 is 0 Å². The first-order valence-electron chi connectivity index (χ1n) is 6.87. The fourth-order valence-electron chi connectivity index (χ4n) is 2.25. The van der Waals surface area contributed by atoms with E-state index in [0.29, 0.717) is 10.4 Å². The molecule has 0 aliphatic rings. The number of benzene rings is 2. The van der Waals surface area contributed by atoms with Crippen LogP contribution >= 0.6 is 31.9 Å². The minimum absolute atomic E-state index is 0.178. The van der Waals surface area contributed by atoms with E-state index in [1.165, 1.54) is 6.21 Å². The van der Waals surface area contributed by atoms with Crippen molar-refractivity contribution in [2.24, 2.45) is 5.10 Å². The molecule has 0 radical (unpaired) electrons. The van der Waals surface area contributed by atoms with Gasteiger partial charge in [0.2, 0.25) is 5.91 Å². The van der Waals surface area contributed by atoms with Crippen molar-refractivity contribution >= 4 is 54.8 Å². The van der Waals surface area contributed by atoms with Gasteiger partial charge in [-0.15, -0.1) is 0 Å². The van der Waals surface area contributed by atoms with Crippen molar-refractivity contribution in [1.29, 1.82) is 0 Å². The fourth-order valence-corrected chi connectivity index (χ4v) is 2.86.